The molecule has 0 aromatic heterocycles. The van der Waals surface area contributed by atoms with Crippen molar-refractivity contribution >= 4 is 121 Å². The molecule has 119 heavy (non-hydrogen) atoms. The van der Waals surface area contributed by atoms with Crippen LogP contribution in [0, 0.1) is 0 Å². The van der Waals surface area contributed by atoms with Crippen LogP contribution in [-0.2, 0) is 14.9 Å². The van der Waals surface area contributed by atoms with Gasteiger partial charge in [0.25, 0.3) is 0 Å². The van der Waals surface area contributed by atoms with Crippen molar-refractivity contribution in [1.29, 1.82) is 0 Å². The summed E-state index contributed by atoms with van der Waals surface area (Å²) in [6, 6.07) is 74.6. The summed E-state index contributed by atoms with van der Waals surface area (Å²) in [5.74, 6) is 4.28. The van der Waals surface area contributed by atoms with Crippen molar-refractivity contribution in [2.45, 2.75) is 206 Å². The van der Waals surface area contributed by atoms with Gasteiger partial charge < -0.3 is 0 Å². The second-order valence-electron chi connectivity index (χ2n) is 37.6. The number of fused-ring (bicyclic) bond motifs is 16. The molecule has 2 saturated heterocycles. The molecule has 8 unspecified atom stereocenters. The zero-order chi connectivity index (χ0) is 81.1. The summed E-state index contributed by atoms with van der Waals surface area (Å²) in [5, 5.41) is 20.1. The van der Waals surface area contributed by atoms with Crippen LogP contribution in [0.25, 0.3) is 86.2 Å². The van der Waals surface area contributed by atoms with Crippen molar-refractivity contribution in [3.8, 4) is 23.0 Å². The van der Waals surface area contributed by atoms with Crippen molar-refractivity contribution in [2.75, 3.05) is 26.4 Å². The van der Waals surface area contributed by atoms with Crippen LogP contribution in [0.3, 0.4) is 0 Å². The van der Waals surface area contributed by atoms with Gasteiger partial charge in [0.05, 0.1) is 0 Å². The molecule has 12 aromatic rings. The fraction of sp³-hybridized carbons (Fsp3) is 0.345. The monoisotopic (exact) mass is 1710 g/mol. The Bertz CT molecular complexity index is 5730. The van der Waals surface area contributed by atoms with Gasteiger partial charge in [0.2, 0.25) is 0 Å². The normalized spacial score (nSPS) is 28.5. The minimum atomic E-state index is -7.88. The molecule has 9 heteroatoms. The number of allylic oxidation sites excluding steroid dienone is 16. The summed E-state index contributed by atoms with van der Waals surface area (Å²) in [7, 11) is 19.4. The van der Waals surface area contributed by atoms with Gasteiger partial charge in [-0.2, -0.15) is 0 Å². The van der Waals surface area contributed by atoms with E-state index in [1.54, 1.807) is 44.6 Å². The van der Waals surface area contributed by atoms with E-state index in [9.17, 15) is 17.0 Å². The van der Waals surface area contributed by atoms with E-state index in [4.69, 9.17) is 18.9 Å². The molecule has 0 radical (unpaired) electrons. The zero-order valence-corrected chi connectivity index (χ0v) is 77.6. The molecular formula is C110H112Cl2O4Si2Zr. The van der Waals surface area contributed by atoms with Crippen LogP contribution < -0.4 is 18.9 Å². The van der Waals surface area contributed by atoms with Crippen molar-refractivity contribution in [1.82, 2.24) is 0 Å². The third-order valence-corrected chi connectivity index (χ3v) is 119. The molecule has 2 fully saturated rings. The molecule has 5 spiro atoms. The second-order valence-corrected chi connectivity index (χ2v) is 77.4. The average Bonchev–Trinajstić information content (AvgIpc) is 1.50. The summed E-state index contributed by atoms with van der Waals surface area (Å²) in [5.41, 5.74) is 24.8. The van der Waals surface area contributed by atoms with E-state index >= 15 is 0 Å². The molecule has 2 heterocycles. The third kappa shape index (κ3) is 8.83. The topological polar surface area (TPSA) is 36.9 Å². The number of rotatable bonds is 12. The number of halogens is 2. The molecule has 10 aliphatic rings. The number of ether oxygens (including phenoxy) is 4. The Hall–Kier alpha value is -8.26. The van der Waals surface area contributed by atoms with E-state index in [2.05, 4.69) is 287 Å². The van der Waals surface area contributed by atoms with Gasteiger partial charge in [0.15, 0.2) is 0 Å². The van der Waals surface area contributed by atoms with E-state index in [0.717, 1.165) is 126 Å². The van der Waals surface area contributed by atoms with Crippen molar-refractivity contribution in [3.05, 3.63) is 308 Å². The van der Waals surface area contributed by atoms with Crippen LogP contribution in [0.5, 0.6) is 23.0 Å². The van der Waals surface area contributed by atoms with E-state index < -0.39 is 43.5 Å². The standard InChI is InChI=1S/2C55H56O2Si.2ClH.Zr/c2*1-6-56-52-42-26-14-8-20-36(42)50(37-21-9-15-27-43(37)52)40-24-12-18-30-46-48(40)32-34(3)54(46)58(5)55-35(4)33-49-41(25-13-19-31-47(49)55)51-38-22-10-16-28-44(38)53(57-7-2)45-29-17-11-23-39(45)51;;;/h2*8-11,14-17,20-23,26-29,32-33,40-41,58H,6-7,12-13,18-19,24-25,30-31H2,1-5H3;2*1H;/q;;;;+2/p-2. The molecule has 4 nitrogen and oxygen atoms in total. The predicted octanol–water partition coefficient (Wildman–Crippen LogP) is 31.3. The molecule has 0 N–H and O–H groups in total. The first-order valence-electron chi connectivity index (χ1n) is 45.8. The molecule has 22 rings (SSSR count). The summed E-state index contributed by atoms with van der Waals surface area (Å²) in [6.07, 6.45) is 28.4. The first kappa shape index (κ1) is 76.8. The SMILES string of the molecule is CCOc1c2ccccc2c(C2CCCCC3=C2C=C(C)[C]32[SiH](C)[C]3(C(C)=CC4=C3CCCCC4c3c4ccccc4c(OCC)c4ccccc34)[Zr]23([Cl])([Cl])[C]2(C(C)=CC4=C2CCCCC4c2c4ccccc4c(OCC)c4ccccc24)[SiH](C)[C]32C(C)=CC3=C2CCCCC3c2c3ccccc3c(OCC)c3ccccc23)c2ccccc12. The van der Waals surface area contributed by atoms with Crippen LogP contribution in [0.4, 0.5) is 0 Å². The number of hydrogen-bond acceptors (Lipinski definition) is 4. The molecule has 0 bridgehead atoms. The number of hydrogen-bond donors (Lipinski definition) is 0. The van der Waals surface area contributed by atoms with Crippen LogP contribution >= 0.6 is 17.0 Å². The van der Waals surface area contributed by atoms with Gasteiger partial charge in [-0.05, 0) is 0 Å². The van der Waals surface area contributed by atoms with Gasteiger partial charge in [-0.1, -0.05) is 0 Å². The van der Waals surface area contributed by atoms with Gasteiger partial charge >= 0.3 is 718 Å². The van der Waals surface area contributed by atoms with Gasteiger partial charge in [-0.15, -0.1) is 0 Å². The summed E-state index contributed by atoms with van der Waals surface area (Å²) in [4.78, 5) is 0. The molecule has 8 atom stereocenters. The van der Waals surface area contributed by atoms with Crippen molar-refractivity contribution in [3.63, 3.8) is 0 Å². The molecule has 2 aliphatic heterocycles. The van der Waals surface area contributed by atoms with E-state index in [1.165, 1.54) is 131 Å². The van der Waals surface area contributed by atoms with Gasteiger partial charge in [0, 0.05) is 0 Å². The van der Waals surface area contributed by atoms with Crippen molar-refractivity contribution < 1.29 is 33.9 Å². The molecular weight excluding hydrogens is 1600 g/mol. The summed E-state index contributed by atoms with van der Waals surface area (Å²) < 4.78 is 25.1. The fourth-order valence-corrected chi connectivity index (χ4v) is 158. The second kappa shape index (κ2) is 27.6. The van der Waals surface area contributed by atoms with Crippen molar-refractivity contribution in [2.24, 2.45) is 0 Å². The van der Waals surface area contributed by atoms with Crippen LogP contribution in [-0.4, -0.2) is 44.0 Å². The summed E-state index contributed by atoms with van der Waals surface area (Å²) >= 11 is -7.88. The van der Waals surface area contributed by atoms with E-state index in [0.29, 0.717) is 26.4 Å². The van der Waals surface area contributed by atoms with E-state index in [1.807, 2.05) is 0 Å². The maximum absolute atomic E-state index is 12.3. The average molecular weight is 1720 g/mol. The third-order valence-electron chi connectivity index (χ3n) is 33.9. The fourth-order valence-electron chi connectivity index (χ4n) is 31.7. The Morgan fingerprint density at radius 1 is 0.277 bits per heavy atom. The Morgan fingerprint density at radius 2 is 0.445 bits per heavy atom. The number of benzene rings is 12. The molecule has 0 saturated carbocycles. The van der Waals surface area contributed by atoms with Crippen LogP contribution in [0.2, 0.25) is 24.1 Å². The minimum absolute atomic E-state index is 0.0738. The Morgan fingerprint density at radius 3 is 0.613 bits per heavy atom. The molecule has 602 valence electrons. The molecule has 0 amide bonds. The van der Waals surface area contributed by atoms with Gasteiger partial charge in [-0.25, -0.2) is 0 Å². The Kier molecular flexibility index (Phi) is 17.8. The predicted molar refractivity (Wildman–Crippen MR) is 507 cm³/mol. The molecule has 12 aromatic carbocycles. The quantitative estimate of drug-likeness (QED) is 0.0902. The van der Waals surface area contributed by atoms with Crippen LogP contribution in [0.15, 0.2) is 285 Å². The van der Waals surface area contributed by atoms with Crippen LogP contribution in [0.1, 0.15) is 204 Å². The first-order valence-corrected chi connectivity index (χ1v) is 61.6. The van der Waals surface area contributed by atoms with Gasteiger partial charge in [-0.3, -0.25) is 0 Å². The molecule has 8 aliphatic carbocycles. The Balaban J connectivity index is 0.929. The zero-order valence-electron chi connectivity index (χ0n) is 71.3. The first-order chi connectivity index (χ1) is 58.1. The summed E-state index contributed by atoms with van der Waals surface area (Å²) in [6.45, 7) is 27.6. The van der Waals surface area contributed by atoms with Gasteiger partial charge in [0.1, 0.15) is 0 Å². The maximum atomic E-state index is 12.3. The van der Waals surface area contributed by atoms with E-state index in [-0.39, 0.29) is 23.7 Å². The Labute approximate surface area is 711 Å².